The fourth-order valence-electron chi connectivity index (χ4n) is 2.25. The smallest absolute Gasteiger partial charge is 0.410 e. The van der Waals surface area contributed by atoms with E-state index in [4.69, 9.17) is 4.74 Å². The van der Waals surface area contributed by atoms with Crippen molar-refractivity contribution in [2.75, 3.05) is 26.2 Å². The van der Waals surface area contributed by atoms with E-state index in [-0.39, 0.29) is 11.7 Å². The van der Waals surface area contributed by atoms with Crippen LogP contribution in [0.25, 0.3) is 0 Å². The number of amides is 1. The lowest BCUT2D eigenvalue weighted by Crippen LogP contribution is -2.39. The van der Waals surface area contributed by atoms with E-state index in [0.29, 0.717) is 0 Å². The van der Waals surface area contributed by atoms with E-state index >= 15 is 0 Å². The molecular weight excluding hydrogens is 216 g/mol. The van der Waals surface area contributed by atoms with E-state index in [9.17, 15) is 4.79 Å². The average Bonchev–Trinajstić information content (AvgIpc) is 3.02. The van der Waals surface area contributed by atoms with Gasteiger partial charge in [-0.15, -0.1) is 0 Å². The van der Waals surface area contributed by atoms with Gasteiger partial charge in [-0.3, -0.25) is 4.90 Å². The molecule has 2 fully saturated rings. The number of carbonyl (C=O) groups excluding carboxylic acids is 1. The summed E-state index contributed by atoms with van der Waals surface area (Å²) in [6, 6.07) is 0.800. The summed E-state index contributed by atoms with van der Waals surface area (Å²) in [4.78, 5) is 16.3. The quantitative estimate of drug-likeness (QED) is 0.703. The Balaban J connectivity index is 1.83. The Morgan fingerprint density at radius 1 is 1.12 bits per heavy atom. The van der Waals surface area contributed by atoms with Crippen molar-refractivity contribution < 1.29 is 9.53 Å². The normalized spacial score (nSPS) is 23.4. The molecule has 1 heterocycles. The maximum Gasteiger partial charge on any atom is 0.410 e. The molecule has 2 rings (SSSR count). The second kappa shape index (κ2) is 4.84. The Kier molecular flexibility index (Phi) is 3.61. The number of rotatable bonds is 1. The summed E-state index contributed by atoms with van der Waals surface area (Å²) in [6.45, 7) is 9.52. The maximum atomic E-state index is 11.9. The summed E-state index contributed by atoms with van der Waals surface area (Å²) >= 11 is 0. The van der Waals surface area contributed by atoms with Gasteiger partial charge in [0.15, 0.2) is 0 Å². The first-order valence-electron chi connectivity index (χ1n) is 6.68. The van der Waals surface area contributed by atoms with Crippen molar-refractivity contribution in [1.82, 2.24) is 9.80 Å². The van der Waals surface area contributed by atoms with E-state index in [2.05, 4.69) is 4.90 Å². The largest absolute Gasteiger partial charge is 0.444 e. The van der Waals surface area contributed by atoms with Gasteiger partial charge in [0.25, 0.3) is 0 Å². The third-order valence-corrected chi connectivity index (χ3v) is 3.25. The highest BCUT2D eigenvalue weighted by Gasteiger charge is 2.31. The van der Waals surface area contributed by atoms with Crippen LogP contribution in [0.5, 0.6) is 0 Å². The number of nitrogens with zero attached hydrogens (tertiary/aromatic N) is 2. The molecule has 1 saturated carbocycles. The molecule has 17 heavy (non-hydrogen) atoms. The summed E-state index contributed by atoms with van der Waals surface area (Å²) in [5.74, 6) is 0. The molecule has 0 atom stereocenters. The van der Waals surface area contributed by atoms with E-state index in [0.717, 1.165) is 38.6 Å². The molecule has 0 aromatic rings. The van der Waals surface area contributed by atoms with E-state index in [1.165, 1.54) is 12.8 Å². The van der Waals surface area contributed by atoms with Gasteiger partial charge in [-0.05, 0) is 40.0 Å². The zero-order valence-corrected chi connectivity index (χ0v) is 11.2. The second-order valence-electron chi connectivity index (χ2n) is 6.09. The average molecular weight is 240 g/mol. The van der Waals surface area contributed by atoms with E-state index < -0.39 is 0 Å². The highest BCUT2D eigenvalue weighted by atomic mass is 16.6. The van der Waals surface area contributed by atoms with Crippen LogP contribution in [0.3, 0.4) is 0 Å². The molecular formula is C13H24N2O2. The van der Waals surface area contributed by atoms with Crippen molar-refractivity contribution in [1.29, 1.82) is 0 Å². The minimum atomic E-state index is -0.389. The molecule has 1 aliphatic carbocycles. The molecule has 0 bridgehead atoms. The van der Waals surface area contributed by atoms with E-state index in [1.54, 1.807) is 0 Å². The van der Waals surface area contributed by atoms with Crippen LogP contribution in [-0.4, -0.2) is 53.7 Å². The lowest BCUT2D eigenvalue weighted by molar-refractivity contribution is 0.0257. The zero-order valence-electron chi connectivity index (χ0n) is 11.2. The predicted octanol–water partition coefficient (Wildman–Crippen LogP) is 2.09. The molecule has 0 unspecified atom stereocenters. The number of hydrogen-bond donors (Lipinski definition) is 0. The van der Waals surface area contributed by atoms with Gasteiger partial charge in [0.2, 0.25) is 0 Å². The standard InChI is InChI=1S/C13H24N2O2/c1-13(2,3)17-12(16)15-8-4-7-14(9-10-15)11-5-6-11/h11H,4-10H2,1-3H3. The lowest BCUT2D eigenvalue weighted by atomic mass is 10.2. The van der Waals surface area contributed by atoms with Gasteiger partial charge < -0.3 is 9.64 Å². The molecule has 4 heteroatoms. The summed E-state index contributed by atoms with van der Waals surface area (Å²) < 4.78 is 5.41. The Labute approximate surface area is 104 Å². The van der Waals surface area contributed by atoms with Crippen molar-refractivity contribution >= 4 is 6.09 Å². The predicted molar refractivity (Wildman–Crippen MR) is 67.0 cm³/mol. The first kappa shape index (κ1) is 12.7. The fraction of sp³-hybridized carbons (Fsp3) is 0.923. The summed E-state index contributed by atoms with van der Waals surface area (Å²) in [5.41, 5.74) is -0.389. The van der Waals surface area contributed by atoms with Gasteiger partial charge in [0.1, 0.15) is 5.60 Å². The third kappa shape index (κ3) is 3.87. The van der Waals surface area contributed by atoms with Crippen molar-refractivity contribution in [3.63, 3.8) is 0 Å². The van der Waals surface area contributed by atoms with Crippen LogP contribution in [0.1, 0.15) is 40.0 Å². The minimum absolute atomic E-state index is 0.157. The van der Waals surface area contributed by atoms with Crippen LogP contribution in [0.15, 0.2) is 0 Å². The SMILES string of the molecule is CC(C)(C)OC(=O)N1CCCN(C2CC2)CC1. The van der Waals surface area contributed by atoms with Crippen molar-refractivity contribution in [3.8, 4) is 0 Å². The van der Waals surface area contributed by atoms with Gasteiger partial charge >= 0.3 is 6.09 Å². The highest BCUT2D eigenvalue weighted by molar-refractivity contribution is 5.68. The molecule has 4 nitrogen and oxygen atoms in total. The van der Waals surface area contributed by atoms with Crippen LogP contribution in [-0.2, 0) is 4.74 Å². The summed E-state index contributed by atoms with van der Waals surface area (Å²) in [5, 5.41) is 0. The Morgan fingerprint density at radius 3 is 2.41 bits per heavy atom. The minimum Gasteiger partial charge on any atom is -0.444 e. The molecule has 0 radical (unpaired) electrons. The van der Waals surface area contributed by atoms with Crippen molar-refractivity contribution in [2.45, 2.75) is 51.7 Å². The molecule has 0 aromatic carbocycles. The van der Waals surface area contributed by atoms with Crippen LogP contribution in [0.4, 0.5) is 4.79 Å². The molecule has 0 spiro atoms. The molecule has 1 saturated heterocycles. The highest BCUT2D eigenvalue weighted by Crippen LogP contribution is 2.27. The van der Waals surface area contributed by atoms with Crippen LogP contribution >= 0.6 is 0 Å². The van der Waals surface area contributed by atoms with E-state index in [1.807, 2.05) is 25.7 Å². The number of hydrogen-bond acceptors (Lipinski definition) is 3. The van der Waals surface area contributed by atoms with Gasteiger partial charge in [0.05, 0.1) is 0 Å². The van der Waals surface area contributed by atoms with Crippen LogP contribution in [0.2, 0.25) is 0 Å². The summed E-state index contributed by atoms with van der Waals surface area (Å²) in [7, 11) is 0. The number of ether oxygens (including phenoxy) is 1. The lowest BCUT2D eigenvalue weighted by Gasteiger charge is -2.26. The summed E-state index contributed by atoms with van der Waals surface area (Å²) in [6.07, 6.45) is 3.59. The van der Waals surface area contributed by atoms with Crippen LogP contribution < -0.4 is 0 Å². The third-order valence-electron chi connectivity index (χ3n) is 3.25. The molecule has 1 aliphatic heterocycles. The maximum absolute atomic E-state index is 11.9. The van der Waals surface area contributed by atoms with Crippen molar-refractivity contribution in [2.24, 2.45) is 0 Å². The Bertz CT molecular complexity index is 282. The van der Waals surface area contributed by atoms with Gasteiger partial charge in [-0.25, -0.2) is 4.79 Å². The Hall–Kier alpha value is -0.770. The van der Waals surface area contributed by atoms with Crippen LogP contribution in [0, 0.1) is 0 Å². The first-order valence-corrected chi connectivity index (χ1v) is 6.68. The monoisotopic (exact) mass is 240 g/mol. The van der Waals surface area contributed by atoms with Crippen molar-refractivity contribution in [3.05, 3.63) is 0 Å². The van der Waals surface area contributed by atoms with Gasteiger partial charge in [0, 0.05) is 32.2 Å². The number of carbonyl (C=O) groups is 1. The molecule has 2 aliphatic rings. The first-order chi connectivity index (χ1) is 7.96. The van der Waals surface area contributed by atoms with Gasteiger partial charge in [-0.2, -0.15) is 0 Å². The molecule has 98 valence electrons. The topological polar surface area (TPSA) is 32.8 Å². The molecule has 0 aromatic heterocycles. The second-order valence-corrected chi connectivity index (χ2v) is 6.09. The fourth-order valence-corrected chi connectivity index (χ4v) is 2.25. The molecule has 0 N–H and O–H groups in total. The van der Waals surface area contributed by atoms with Gasteiger partial charge in [-0.1, -0.05) is 0 Å². The zero-order chi connectivity index (χ0) is 12.5. The molecule has 1 amide bonds. The Morgan fingerprint density at radius 2 is 1.82 bits per heavy atom.